The van der Waals surface area contributed by atoms with E-state index in [-0.39, 0.29) is 0 Å². The molecule has 0 bridgehead atoms. The molecular weight excluding hydrogens is 225 g/mol. The maximum Gasteiger partial charge on any atom is 0.450 e. The van der Waals surface area contributed by atoms with Crippen molar-refractivity contribution in [1.29, 1.82) is 0 Å². The number of rotatable bonds is 1. The Kier molecular flexibility index (Phi) is 3.48. The van der Waals surface area contributed by atoms with Gasteiger partial charge in [0.2, 0.25) is 5.76 Å². The summed E-state index contributed by atoms with van der Waals surface area (Å²) in [6.07, 6.45) is -10.5. The molecule has 0 heterocycles. The van der Waals surface area contributed by atoms with Crippen LogP contribution in [0.1, 0.15) is 0 Å². The summed E-state index contributed by atoms with van der Waals surface area (Å²) in [5.41, 5.74) is 0. The molecule has 1 nitrogen and oxygen atoms in total. The third-order valence-electron chi connectivity index (χ3n) is 0.910. The highest BCUT2D eigenvalue weighted by Gasteiger charge is 2.46. The number of allylic oxidation sites excluding steroid dienone is 2. The zero-order valence-corrected chi connectivity index (χ0v) is 6.81. The predicted octanol–water partition coefficient (Wildman–Crippen LogP) is 3.21. The summed E-state index contributed by atoms with van der Waals surface area (Å²) in [5, 5.41) is -2.32. The van der Waals surface area contributed by atoms with Crippen molar-refractivity contribution >= 4 is 11.6 Å². The second kappa shape index (κ2) is 3.65. The van der Waals surface area contributed by atoms with Gasteiger partial charge in [0, 0.05) is 0 Å². The molecule has 0 saturated carbocycles. The van der Waals surface area contributed by atoms with Gasteiger partial charge in [-0.3, -0.25) is 0 Å². The molecule has 0 saturated heterocycles. The van der Waals surface area contributed by atoms with Crippen LogP contribution in [0.5, 0.6) is 0 Å². The van der Waals surface area contributed by atoms with Crippen LogP contribution >= 0.6 is 11.6 Å². The maximum atomic E-state index is 11.7. The van der Waals surface area contributed by atoms with E-state index in [1.807, 2.05) is 0 Å². The van der Waals surface area contributed by atoms with Gasteiger partial charge in [-0.05, 0) is 0 Å². The Morgan fingerprint density at radius 3 is 1.46 bits per heavy atom. The van der Waals surface area contributed by atoms with Gasteiger partial charge in [-0.15, -0.1) is 0 Å². The van der Waals surface area contributed by atoms with E-state index in [1.54, 1.807) is 0 Å². The van der Waals surface area contributed by atoms with Crippen LogP contribution < -0.4 is 0 Å². The van der Waals surface area contributed by atoms with Crippen molar-refractivity contribution in [3.63, 3.8) is 0 Å². The van der Waals surface area contributed by atoms with Crippen LogP contribution in [0, 0.1) is 0 Å². The lowest BCUT2D eigenvalue weighted by atomic mass is 10.4. The highest BCUT2D eigenvalue weighted by molar-refractivity contribution is 6.30. The summed E-state index contributed by atoms with van der Waals surface area (Å²) >= 11 is 4.42. The van der Waals surface area contributed by atoms with E-state index in [2.05, 4.69) is 16.3 Å². The van der Waals surface area contributed by atoms with Crippen LogP contribution in [0.3, 0.4) is 0 Å². The standard InChI is InChI=1S/C5H3ClF6O/c1-13-3(5(10,11)12)2(6)4(7,8)9/h1H3. The molecule has 0 amide bonds. The zero-order valence-electron chi connectivity index (χ0n) is 6.05. The quantitative estimate of drug-likeness (QED) is 0.495. The molecule has 0 N–H and O–H groups in total. The van der Waals surface area contributed by atoms with Crippen molar-refractivity contribution in [2.24, 2.45) is 0 Å². The van der Waals surface area contributed by atoms with Crippen LogP contribution in [0.25, 0.3) is 0 Å². The molecule has 0 aromatic rings. The van der Waals surface area contributed by atoms with Gasteiger partial charge in [-0.2, -0.15) is 26.3 Å². The minimum Gasteiger partial charge on any atom is -0.491 e. The van der Waals surface area contributed by atoms with Gasteiger partial charge >= 0.3 is 12.4 Å². The van der Waals surface area contributed by atoms with Crippen LogP contribution in [-0.2, 0) is 4.74 Å². The molecule has 0 atom stereocenters. The Hall–Kier alpha value is -0.590. The molecule has 0 aromatic carbocycles. The van der Waals surface area contributed by atoms with Crippen molar-refractivity contribution in [3.05, 3.63) is 10.8 Å². The summed E-state index contributed by atoms with van der Waals surface area (Å²) in [6.45, 7) is 0. The first-order chi connectivity index (χ1) is 5.60. The van der Waals surface area contributed by atoms with Gasteiger partial charge in [0.25, 0.3) is 0 Å². The molecule has 0 aliphatic carbocycles. The van der Waals surface area contributed by atoms with Gasteiger partial charge in [0.05, 0.1) is 7.11 Å². The average molecular weight is 229 g/mol. The number of halogens is 7. The Morgan fingerprint density at radius 1 is 1.00 bits per heavy atom. The van der Waals surface area contributed by atoms with E-state index in [0.717, 1.165) is 0 Å². The molecule has 0 unspecified atom stereocenters. The van der Waals surface area contributed by atoms with Crippen LogP contribution in [0.15, 0.2) is 10.8 Å². The monoisotopic (exact) mass is 228 g/mol. The minimum absolute atomic E-state index is 0.455. The fourth-order valence-corrected chi connectivity index (χ4v) is 0.643. The molecule has 0 aromatic heterocycles. The maximum absolute atomic E-state index is 11.7. The Labute approximate surface area is 73.9 Å². The van der Waals surface area contributed by atoms with Crippen molar-refractivity contribution in [3.8, 4) is 0 Å². The van der Waals surface area contributed by atoms with E-state index >= 15 is 0 Å². The second-order valence-corrected chi connectivity index (χ2v) is 2.22. The van der Waals surface area contributed by atoms with E-state index < -0.39 is 23.1 Å². The van der Waals surface area contributed by atoms with Crippen LogP contribution in [0.2, 0.25) is 0 Å². The van der Waals surface area contributed by atoms with Crippen molar-refractivity contribution < 1.29 is 31.1 Å². The molecular formula is C5H3ClF6O. The van der Waals surface area contributed by atoms with E-state index in [1.165, 1.54) is 0 Å². The van der Waals surface area contributed by atoms with Gasteiger partial charge in [-0.25, -0.2) is 0 Å². The minimum atomic E-state index is -5.26. The van der Waals surface area contributed by atoms with Crippen molar-refractivity contribution in [2.45, 2.75) is 12.4 Å². The number of alkyl halides is 6. The predicted molar refractivity (Wildman–Crippen MR) is 32.0 cm³/mol. The SMILES string of the molecule is COC(=C(Cl)C(F)(F)F)C(F)(F)F. The Morgan fingerprint density at radius 2 is 1.38 bits per heavy atom. The van der Waals surface area contributed by atoms with Crippen LogP contribution in [-0.4, -0.2) is 19.5 Å². The normalized spacial score (nSPS) is 15.4. The molecule has 0 rings (SSSR count). The Bertz CT molecular complexity index is 214. The smallest absolute Gasteiger partial charge is 0.450 e. The fourth-order valence-electron chi connectivity index (χ4n) is 0.459. The lowest BCUT2D eigenvalue weighted by Gasteiger charge is -2.13. The largest absolute Gasteiger partial charge is 0.491 e. The van der Waals surface area contributed by atoms with Crippen LogP contribution in [0.4, 0.5) is 26.3 Å². The molecule has 0 spiro atoms. The number of hydrogen-bond acceptors (Lipinski definition) is 1. The first kappa shape index (κ1) is 12.4. The summed E-state index contributed by atoms with van der Waals surface area (Å²) in [7, 11) is 0.455. The van der Waals surface area contributed by atoms with Gasteiger partial charge in [-0.1, -0.05) is 11.6 Å². The van der Waals surface area contributed by atoms with Gasteiger partial charge in [0.1, 0.15) is 0 Å². The molecule has 8 heteroatoms. The molecule has 0 fully saturated rings. The molecule has 78 valence electrons. The number of methoxy groups -OCH3 is 1. The number of ether oxygens (including phenoxy) is 1. The lowest BCUT2D eigenvalue weighted by molar-refractivity contribution is -0.139. The van der Waals surface area contributed by atoms with E-state index in [0.29, 0.717) is 7.11 Å². The third kappa shape index (κ3) is 3.33. The molecule has 0 aliphatic rings. The third-order valence-corrected chi connectivity index (χ3v) is 1.30. The fraction of sp³-hybridized carbons (Fsp3) is 0.600. The average Bonchev–Trinajstić information content (AvgIpc) is 1.83. The zero-order chi connectivity index (χ0) is 10.9. The van der Waals surface area contributed by atoms with E-state index in [9.17, 15) is 26.3 Å². The second-order valence-electron chi connectivity index (χ2n) is 1.84. The molecule has 0 radical (unpaired) electrons. The van der Waals surface area contributed by atoms with Gasteiger partial charge in [0.15, 0.2) is 5.03 Å². The first-order valence-electron chi connectivity index (χ1n) is 2.69. The summed E-state index contributed by atoms with van der Waals surface area (Å²) in [4.78, 5) is 0. The van der Waals surface area contributed by atoms with E-state index in [4.69, 9.17) is 0 Å². The van der Waals surface area contributed by atoms with Crippen molar-refractivity contribution in [1.82, 2.24) is 0 Å². The summed E-state index contributed by atoms with van der Waals surface area (Å²) in [5.74, 6) is -2.25. The summed E-state index contributed by atoms with van der Waals surface area (Å²) < 4.78 is 73.6. The first-order valence-corrected chi connectivity index (χ1v) is 3.06. The molecule has 13 heavy (non-hydrogen) atoms. The van der Waals surface area contributed by atoms with Crippen molar-refractivity contribution in [2.75, 3.05) is 7.11 Å². The summed E-state index contributed by atoms with van der Waals surface area (Å²) in [6, 6.07) is 0. The highest BCUT2D eigenvalue weighted by Crippen LogP contribution is 2.38. The topological polar surface area (TPSA) is 9.23 Å². The number of hydrogen-bond donors (Lipinski definition) is 0. The Balaban J connectivity index is 5.16. The van der Waals surface area contributed by atoms with Gasteiger partial charge < -0.3 is 4.74 Å². The lowest BCUT2D eigenvalue weighted by Crippen LogP contribution is -2.20. The molecule has 0 aliphatic heterocycles. The highest BCUT2D eigenvalue weighted by atomic mass is 35.5.